The SMILES string of the molecule is CC.Cc1cc(Nc2ncnn3ccc(N4CCN(C(=O)C(O)=C(O)O)CC4)c23)ccc1Oc1ccc2c(c1)ncn2C. The number of anilines is 3. The van der Waals surface area contributed by atoms with Crippen molar-refractivity contribution >= 4 is 39.6 Å². The van der Waals surface area contributed by atoms with Crippen molar-refractivity contribution in [2.75, 3.05) is 36.4 Å². The lowest BCUT2D eigenvalue weighted by molar-refractivity contribution is -0.131. The number of carbonyl (C=O) groups excluding carboxylic acids is 1. The van der Waals surface area contributed by atoms with Gasteiger partial charge in [0.15, 0.2) is 5.82 Å². The minimum Gasteiger partial charge on any atom is -0.498 e. The molecule has 0 atom stereocenters. The molecule has 6 rings (SSSR count). The van der Waals surface area contributed by atoms with Crippen LogP contribution in [0.5, 0.6) is 11.5 Å². The molecule has 0 unspecified atom stereocenters. The number of aryl methyl sites for hydroxylation is 2. The first kappa shape index (κ1) is 29.0. The van der Waals surface area contributed by atoms with Crippen molar-refractivity contribution in [2.24, 2.45) is 7.05 Å². The van der Waals surface area contributed by atoms with Gasteiger partial charge in [0.05, 0.1) is 23.0 Å². The highest BCUT2D eigenvalue weighted by Crippen LogP contribution is 2.33. The number of rotatable bonds is 6. The minimum atomic E-state index is -1.38. The average molecular weight is 587 g/mol. The van der Waals surface area contributed by atoms with Gasteiger partial charge in [-0.2, -0.15) is 5.10 Å². The maximum atomic E-state index is 12.2. The third-order valence-corrected chi connectivity index (χ3v) is 7.12. The predicted octanol–water partition coefficient (Wildman–Crippen LogP) is 4.98. The molecule has 0 radical (unpaired) electrons. The molecular formula is C30H34N8O5. The number of hydrogen-bond donors (Lipinski definition) is 4. The zero-order valence-electron chi connectivity index (χ0n) is 24.4. The fourth-order valence-corrected chi connectivity index (χ4v) is 4.97. The normalized spacial score (nSPS) is 13.0. The van der Waals surface area contributed by atoms with Crippen molar-refractivity contribution in [1.82, 2.24) is 29.0 Å². The molecule has 224 valence electrons. The highest BCUT2D eigenvalue weighted by atomic mass is 16.5. The number of imidazole rings is 1. The van der Waals surface area contributed by atoms with E-state index in [0.717, 1.165) is 39.2 Å². The summed E-state index contributed by atoms with van der Waals surface area (Å²) < 4.78 is 9.85. The van der Waals surface area contributed by atoms with Crippen LogP contribution in [0.4, 0.5) is 17.2 Å². The Morgan fingerprint density at radius 3 is 2.47 bits per heavy atom. The van der Waals surface area contributed by atoms with Gasteiger partial charge in [0.25, 0.3) is 11.7 Å². The van der Waals surface area contributed by atoms with E-state index in [9.17, 15) is 9.90 Å². The van der Waals surface area contributed by atoms with Crippen LogP contribution in [0, 0.1) is 6.92 Å². The van der Waals surface area contributed by atoms with Crippen LogP contribution in [0.1, 0.15) is 19.4 Å². The molecule has 13 heteroatoms. The van der Waals surface area contributed by atoms with Gasteiger partial charge in [0, 0.05) is 51.2 Å². The van der Waals surface area contributed by atoms with Crippen LogP contribution in [0.2, 0.25) is 0 Å². The number of amides is 1. The molecule has 0 saturated carbocycles. The molecule has 1 fully saturated rings. The number of aromatic nitrogens is 5. The van der Waals surface area contributed by atoms with Gasteiger partial charge in [-0.05, 0) is 48.9 Å². The maximum absolute atomic E-state index is 12.2. The minimum absolute atomic E-state index is 0.290. The molecule has 0 spiro atoms. The molecular weight excluding hydrogens is 552 g/mol. The Bertz CT molecular complexity index is 1800. The van der Waals surface area contributed by atoms with Crippen molar-refractivity contribution in [1.29, 1.82) is 0 Å². The van der Waals surface area contributed by atoms with Crippen LogP contribution in [-0.4, -0.2) is 76.5 Å². The van der Waals surface area contributed by atoms with E-state index in [4.69, 9.17) is 14.9 Å². The molecule has 1 aliphatic rings. The molecule has 3 aromatic heterocycles. The zero-order chi connectivity index (χ0) is 30.7. The molecule has 0 bridgehead atoms. The van der Waals surface area contributed by atoms with Crippen LogP contribution >= 0.6 is 0 Å². The highest BCUT2D eigenvalue weighted by Gasteiger charge is 2.27. The molecule has 5 aromatic rings. The van der Waals surface area contributed by atoms with Crippen LogP contribution in [0.15, 0.2) is 73.0 Å². The topological polar surface area (TPSA) is 154 Å². The molecule has 4 N–H and O–H groups in total. The van der Waals surface area contributed by atoms with E-state index >= 15 is 0 Å². The molecule has 1 saturated heterocycles. The van der Waals surface area contributed by atoms with E-state index in [1.54, 1.807) is 10.8 Å². The van der Waals surface area contributed by atoms with E-state index in [2.05, 4.69) is 25.3 Å². The van der Waals surface area contributed by atoms with Crippen molar-refractivity contribution < 1.29 is 24.9 Å². The molecule has 2 aromatic carbocycles. The van der Waals surface area contributed by atoms with Gasteiger partial charge in [0.2, 0.25) is 0 Å². The largest absolute Gasteiger partial charge is 0.498 e. The summed E-state index contributed by atoms with van der Waals surface area (Å²) in [5, 5.41) is 35.4. The second-order valence-corrected chi connectivity index (χ2v) is 9.77. The third kappa shape index (κ3) is 5.82. The summed E-state index contributed by atoms with van der Waals surface area (Å²) in [5.74, 6) is -1.23. The van der Waals surface area contributed by atoms with Crippen molar-refractivity contribution in [2.45, 2.75) is 20.8 Å². The second-order valence-electron chi connectivity index (χ2n) is 9.77. The molecule has 13 nitrogen and oxygen atoms in total. The van der Waals surface area contributed by atoms with Gasteiger partial charge < -0.3 is 39.7 Å². The summed E-state index contributed by atoms with van der Waals surface area (Å²) in [4.78, 5) is 24.6. The van der Waals surface area contributed by atoms with Crippen LogP contribution in [0.25, 0.3) is 16.6 Å². The summed E-state index contributed by atoms with van der Waals surface area (Å²) in [6.07, 6.45) is 5.09. The molecule has 1 aliphatic heterocycles. The number of nitrogens with one attached hydrogen (secondary N) is 1. The number of benzene rings is 2. The Balaban J connectivity index is 0.00000180. The van der Waals surface area contributed by atoms with Gasteiger partial charge in [-0.3, -0.25) is 4.79 Å². The summed E-state index contributed by atoms with van der Waals surface area (Å²) in [6.45, 7) is 7.49. The monoisotopic (exact) mass is 586 g/mol. The lowest BCUT2D eigenvalue weighted by Crippen LogP contribution is -2.49. The summed E-state index contributed by atoms with van der Waals surface area (Å²) >= 11 is 0. The van der Waals surface area contributed by atoms with E-state index in [1.807, 2.05) is 81.0 Å². The van der Waals surface area contributed by atoms with Crippen molar-refractivity contribution in [3.05, 3.63) is 78.6 Å². The Kier molecular flexibility index (Phi) is 8.23. The first-order valence-electron chi connectivity index (χ1n) is 13.9. The summed E-state index contributed by atoms with van der Waals surface area (Å²) in [6, 6.07) is 13.6. The fourth-order valence-electron chi connectivity index (χ4n) is 4.97. The number of hydrogen-bond acceptors (Lipinski definition) is 10. The number of piperazine rings is 1. The quantitative estimate of drug-likeness (QED) is 0.158. The van der Waals surface area contributed by atoms with E-state index in [-0.39, 0.29) is 13.1 Å². The lowest BCUT2D eigenvalue weighted by Gasteiger charge is -2.35. The number of carbonyl (C=O) groups is 1. The summed E-state index contributed by atoms with van der Waals surface area (Å²) in [7, 11) is 1.95. The van der Waals surface area contributed by atoms with Crippen LogP contribution in [-0.2, 0) is 11.8 Å². The Hall–Kier alpha value is -5.46. The Morgan fingerprint density at radius 2 is 1.74 bits per heavy atom. The van der Waals surface area contributed by atoms with Crippen LogP contribution < -0.4 is 15.0 Å². The fraction of sp³-hybridized carbons (Fsp3) is 0.267. The van der Waals surface area contributed by atoms with E-state index < -0.39 is 17.6 Å². The average Bonchev–Trinajstić information content (AvgIpc) is 3.63. The number of aliphatic hydroxyl groups excluding tert-OH is 2. The Morgan fingerprint density at radius 1 is 0.977 bits per heavy atom. The second kappa shape index (κ2) is 12.2. The van der Waals surface area contributed by atoms with Crippen molar-refractivity contribution in [3.8, 4) is 11.5 Å². The molecule has 1 amide bonds. The summed E-state index contributed by atoms with van der Waals surface area (Å²) in [5.41, 5.74) is 5.30. The number of fused-ring (bicyclic) bond motifs is 2. The Labute approximate surface area is 247 Å². The van der Waals surface area contributed by atoms with Gasteiger partial charge in [-0.1, -0.05) is 13.8 Å². The molecule has 4 heterocycles. The van der Waals surface area contributed by atoms with E-state index in [0.29, 0.717) is 24.7 Å². The standard InChI is InChI=1S/C28H28N8O5.C2H6/c1-17-13-18(3-6-23(17)41-19-4-5-21-20(14-19)30-16-33(21)2)32-26-24-22(7-8-36(24)31-15-29-26)34-9-11-35(12-10-34)27(38)25(37)28(39)40;1-2/h3-8,13-16,37,39-40H,9-12H2,1-2H3,(H,29,31,32);1-2H3. The first-order valence-corrected chi connectivity index (χ1v) is 13.9. The zero-order valence-corrected chi connectivity index (χ0v) is 24.4. The van der Waals surface area contributed by atoms with E-state index in [1.165, 1.54) is 11.2 Å². The number of nitrogens with zero attached hydrogens (tertiary/aromatic N) is 7. The highest BCUT2D eigenvalue weighted by molar-refractivity contribution is 5.91. The molecule has 43 heavy (non-hydrogen) atoms. The third-order valence-electron chi connectivity index (χ3n) is 7.12. The smallest absolute Gasteiger partial charge is 0.324 e. The maximum Gasteiger partial charge on any atom is 0.324 e. The predicted molar refractivity (Wildman–Crippen MR) is 163 cm³/mol. The van der Waals surface area contributed by atoms with Gasteiger partial charge in [0.1, 0.15) is 23.3 Å². The molecule has 0 aliphatic carbocycles. The lowest BCUT2D eigenvalue weighted by atomic mass is 10.2. The first-order chi connectivity index (χ1) is 20.8. The number of aliphatic hydroxyl groups is 3. The van der Waals surface area contributed by atoms with Crippen LogP contribution in [0.3, 0.4) is 0 Å². The van der Waals surface area contributed by atoms with Gasteiger partial charge in [-0.15, -0.1) is 0 Å². The van der Waals surface area contributed by atoms with Gasteiger partial charge in [-0.25, -0.2) is 14.5 Å². The number of ether oxygens (including phenoxy) is 1. The van der Waals surface area contributed by atoms with Gasteiger partial charge >= 0.3 is 5.95 Å². The van der Waals surface area contributed by atoms with Crippen molar-refractivity contribution in [3.63, 3.8) is 0 Å².